The minimum absolute atomic E-state index is 0. The molecule has 0 aromatic carbocycles. The SMILES string of the molecule is Cl.SC1CNC2(CCCC2)C1. The quantitative estimate of drug-likeness (QED) is 0.561. The summed E-state index contributed by atoms with van der Waals surface area (Å²) >= 11 is 4.48. The maximum absolute atomic E-state index is 4.48. The molecule has 1 heterocycles. The summed E-state index contributed by atoms with van der Waals surface area (Å²) in [5.41, 5.74) is 0.534. The number of thiol groups is 1. The fourth-order valence-corrected chi connectivity index (χ4v) is 2.80. The zero-order valence-electron chi connectivity index (χ0n) is 6.68. The number of halogens is 1. The van der Waals surface area contributed by atoms with E-state index < -0.39 is 0 Å². The molecule has 0 amide bonds. The van der Waals surface area contributed by atoms with E-state index in [2.05, 4.69) is 17.9 Å². The lowest BCUT2D eigenvalue weighted by molar-refractivity contribution is 0.389. The molecule has 1 saturated carbocycles. The summed E-state index contributed by atoms with van der Waals surface area (Å²) in [6, 6.07) is 0. The van der Waals surface area contributed by atoms with Gasteiger partial charge in [-0.25, -0.2) is 0 Å². The van der Waals surface area contributed by atoms with Gasteiger partial charge in [0.2, 0.25) is 0 Å². The van der Waals surface area contributed by atoms with Gasteiger partial charge in [0, 0.05) is 17.3 Å². The van der Waals surface area contributed by atoms with Crippen molar-refractivity contribution in [3.8, 4) is 0 Å². The van der Waals surface area contributed by atoms with Gasteiger partial charge in [0.1, 0.15) is 0 Å². The summed E-state index contributed by atoms with van der Waals surface area (Å²) in [7, 11) is 0. The van der Waals surface area contributed by atoms with Gasteiger partial charge < -0.3 is 5.32 Å². The van der Waals surface area contributed by atoms with Crippen molar-refractivity contribution in [2.45, 2.75) is 42.9 Å². The molecule has 1 saturated heterocycles. The highest BCUT2D eigenvalue weighted by Gasteiger charge is 2.39. The van der Waals surface area contributed by atoms with Crippen LogP contribution < -0.4 is 5.32 Å². The van der Waals surface area contributed by atoms with Crippen LogP contribution >= 0.6 is 25.0 Å². The summed E-state index contributed by atoms with van der Waals surface area (Å²) in [6.45, 7) is 1.13. The van der Waals surface area contributed by atoms with Crippen molar-refractivity contribution in [3.05, 3.63) is 0 Å². The first-order valence-electron chi connectivity index (χ1n) is 4.24. The molecule has 1 aliphatic heterocycles. The highest BCUT2D eigenvalue weighted by molar-refractivity contribution is 7.81. The van der Waals surface area contributed by atoms with Crippen LogP contribution in [0.25, 0.3) is 0 Å². The Morgan fingerprint density at radius 3 is 2.36 bits per heavy atom. The van der Waals surface area contributed by atoms with Crippen LogP contribution in [0.1, 0.15) is 32.1 Å². The van der Waals surface area contributed by atoms with Crippen LogP contribution in [0.5, 0.6) is 0 Å². The molecule has 0 aromatic rings. The maximum atomic E-state index is 4.48. The number of rotatable bonds is 0. The lowest BCUT2D eigenvalue weighted by Gasteiger charge is -2.22. The van der Waals surface area contributed by atoms with Crippen LogP contribution in [0.4, 0.5) is 0 Å². The van der Waals surface area contributed by atoms with Gasteiger partial charge >= 0.3 is 0 Å². The van der Waals surface area contributed by atoms with Crippen molar-refractivity contribution in [2.75, 3.05) is 6.54 Å². The van der Waals surface area contributed by atoms with Gasteiger partial charge in [0.15, 0.2) is 0 Å². The van der Waals surface area contributed by atoms with E-state index in [1.165, 1.54) is 32.1 Å². The molecule has 1 aliphatic carbocycles. The first-order chi connectivity index (χ1) is 4.81. The van der Waals surface area contributed by atoms with E-state index in [0.29, 0.717) is 10.8 Å². The Labute approximate surface area is 80.1 Å². The van der Waals surface area contributed by atoms with Crippen LogP contribution in [-0.4, -0.2) is 17.3 Å². The van der Waals surface area contributed by atoms with Gasteiger partial charge in [0.25, 0.3) is 0 Å². The first kappa shape index (κ1) is 9.69. The fraction of sp³-hybridized carbons (Fsp3) is 1.00. The van der Waals surface area contributed by atoms with Crippen LogP contribution in [0.15, 0.2) is 0 Å². The van der Waals surface area contributed by atoms with Gasteiger partial charge in [-0.1, -0.05) is 12.8 Å². The zero-order valence-corrected chi connectivity index (χ0v) is 8.39. The van der Waals surface area contributed by atoms with Crippen LogP contribution in [0.2, 0.25) is 0 Å². The zero-order chi connectivity index (χ0) is 7.03. The molecule has 0 bridgehead atoms. The normalized spacial score (nSPS) is 34.1. The highest BCUT2D eigenvalue weighted by atomic mass is 35.5. The number of nitrogens with one attached hydrogen (secondary N) is 1. The molecule has 2 rings (SSSR count). The molecular weight excluding hydrogens is 178 g/mol. The fourth-order valence-electron chi connectivity index (χ4n) is 2.36. The molecule has 11 heavy (non-hydrogen) atoms. The van der Waals surface area contributed by atoms with Gasteiger partial charge in [-0.05, 0) is 19.3 Å². The summed E-state index contributed by atoms with van der Waals surface area (Å²) in [5, 5.41) is 4.23. The Morgan fingerprint density at radius 1 is 1.27 bits per heavy atom. The molecule has 1 nitrogen and oxygen atoms in total. The van der Waals surface area contributed by atoms with Gasteiger partial charge in [-0.2, -0.15) is 12.6 Å². The highest BCUT2D eigenvalue weighted by Crippen LogP contribution is 2.37. The van der Waals surface area contributed by atoms with E-state index in [4.69, 9.17) is 0 Å². The Morgan fingerprint density at radius 2 is 1.91 bits per heavy atom. The molecule has 3 heteroatoms. The molecule has 1 N–H and O–H groups in total. The summed E-state index contributed by atoms with van der Waals surface area (Å²) in [6.07, 6.45) is 6.94. The van der Waals surface area contributed by atoms with Gasteiger partial charge in [0.05, 0.1) is 0 Å². The first-order valence-corrected chi connectivity index (χ1v) is 4.76. The third-order valence-electron chi connectivity index (χ3n) is 2.90. The lowest BCUT2D eigenvalue weighted by atomic mass is 9.96. The van der Waals surface area contributed by atoms with E-state index in [1.54, 1.807) is 0 Å². The van der Waals surface area contributed by atoms with E-state index in [1.807, 2.05) is 0 Å². The largest absolute Gasteiger partial charge is 0.310 e. The predicted molar refractivity (Wildman–Crippen MR) is 53.8 cm³/mol. The van der Waals surface area contributed by atoms with Crippen molar-refractivity contribution in [2.24, 2.45) is 0 Å². The molecule has 1 unspecified atom stereocenters. The van der Waals surface area contributed by atoms with Crippen molar-refractivity contribution in [1.29, 1.82) is 0 Å². The molecule has 2 fully saturated rings. The molecular formula is C8H16ClNS. The second-order valence-corrected chi connectivity index (χ2v) is 4.46. The smallest absolute Gasteiger partial charge is 0.0192 e. The van der Waals surface area contributed by atoms with E-state index in [9.17, 15) is 0 Å². The Balaban J connectivity index is 0.000000605. The molecule has 1 atom stereocenters. The molecule has 66 valence electrons. The molecule has 1 spiro atoms. The van der Waals surface area contributed by atoms with Crippen molar-refractivity contribution in [1.82, 2.24) is 5.32 Å². The van der Waals surface area contributed by atoms with Crippen molar-refractivity contribution >= 4 is 25.0 Å². The van der Waals surface area contributed by atoms with Crippen molar-refractivity contribution < 1.29 is 0 Å². The number of hydrogen-bond acceptors (Lipinski definition) is 2. The molecule has 0 radical (unpaired) electrons. The predicted octanol–water partition coefficient (Wildman–Crippen LogP) is 2.01. The average molecular weight is 194 g/mol. The minimum Gasteiger partial charge on any atom is -0.310 e. The average Bonchev–Trinajstić information content (AvgIpc) is 2.46. The topological polar surface area (TPSA) is 12.0 Å². The van der Waals surface area contributed by atoms with Crippen LogP contribution in [0.3, 0.4) is 0 Å². The Hall–Kier alpha value is 0.600. The summed E-state index contributed by atoms with van der Waals surface area (Å²) in [4.78, 5) is 0. The van der Waals surface area contributed by atoms with Gasteiger partial charge in [-0.3, -0.25) is 0 Å². The third kappa shape index (κ3) is 1.85. The maximum Gasteiger partial charge on any atom is 0.0192 e. The monoisotopic (exact) mass is 193 g/mol. The van der Waals surface area contributed by atoms with Gasteiger partial charge in [-0.15, -0.1) is 12.4 Å². The van der Waals surface area contributed by atoms with E-state index in [0.717, 1.165) is 6.54 Å². The van der Waals surface area contributed by atoms with E-state index in [-0.39, 0.29) is 12.4 Å². The molecule has 0 aromatic heterocycles. The second-order valence-electron chi connectivity index (χ2n) is 3.73. The Kier molecular flexibility index (Phi) is 3.12. The van der Waals surface area contributed by atoms with Crippen LogP contribution in [0, 0.1) is 0 Å². The molecule has 2 aliphatic rings. The second kappa shape index (κ2) is 3.55. The summed E-state index contributed by atoms with van der Waals surface area (Å²) in [5.74, 6) is 0. The Bertz CT molecular complexity index is 134. The number of hydrogen-bond donors (Lipinski definition) is 2. The summed E-state index contributed by atoms with van der Waals surface area (Å²) < 4.78 is 0. The standard InChI is InChI=1S/C8H15NS.ClH/c10-7-5-8(9-6-7)3-1-2-4-8;/h7,9-10H,1-6H2;1H. The van der Waals surface area contributed by atoms with E-state index >= 15 is 0 Å². The third-order valence-corrected chi connectivity index (χ3v) is 3.26. The lowest BCUT2D eigenvalue weighted by Crippen LogP contribution is -2.35. The van der Waals surface area contributed by atoms with Crippen LogP contribution in [-0.2, 0) is 0 Å². The minimum atomic E-state index is 0. The van der Waals surface area contributed by atoms with Crippen molar-refractivity contribution in [3.63, 3.8) is 0 Å².